The molecule has 0 saturated heterocycles. The van der Waals surface area contributed by atoms with E-state index in [0.29, 0.717) is 13.1 Å². The quantitative estimate of drug-likeness (QED) is 0.607. The molecule has 0 spiro atoms. The Kier molecular flexibility index (Phi) is 5.66. The van der Waals surface area contributed by atoms with E-state index >= 15 is 0 Å². The molecule has 6 heteroatoms. The Hall–Kier alpha value is -2.21. The van der Waals surface area contributed by atoms with Crippen LogP contribution in [0.4, 0.5) is 0 Å². The minimum Gasteiger partial charge on any atom is -0.452 e. The smallest absolute Gasteiger partial charge is 0.331 e. The molecule has 0 saturated carbocycles. The number of nitrogens with zero attached hydrogens (tertiary/aromatic N) is 2. The van der Waals surface area contributed by atoms with Crippen LogP contribution in [-0.2, 0) is 14.3 Å². The molecule has 0 aliphatic carbocycles. The number of fused-ring (bicyclic) bond motifs is 1. The lowest BCUT2D eigenvalue weighted by molar-refractivity contribution is -0.147. The zero-order valence-corrected chi connectivity index (χ0v) is 13.4. The summed E-state index contributed by atoms with van der Waals surface area (Å²) in [7, 11) is 0. The van der Waals surface area contributed by atoms with Gasteiger partial charge in [0.2, 0.25) is 0 Å². The highest BCUT2D eigenvalue weighted by Gasteiger charge is 2.11. The van der Waals surface area contributed by atoms with Gasteiger partial charge in [-0.2, -0.15) is 0 Å². The minimum atomic E-state index is -0.542. The van der Waals surface area contributed by atoms with E-state index in [-0.39, 0.29) is 12.5 Å². The van der Waals surface area contributed by atoms with Gasteiger partial charge in [-0.05, 0) is 32.1 Å². The topological polar surface area (TPSA) is 59.5 Å². The summed E-state index contributed by atoms with van der Waals surface area (Å²) in [6.45, 7) is 4.75. The zero-order chi connectivity index (χ0) is 15.9. The van der Waals surface area contributed by atoms with Crippen molar-refractivity contribution in [2.24, 2.45) is 0 Å². The summed E-state index contributed by atoms with van der Waals surface area (Å²) in [6.07, 6.45) is 2.90. The van der Waals surface area contributed by atoms with Crippen LogP contribution in [0.3, 0.4) is 0 Å². The fourth-order valence-electron chi connectivity index (χ4n) is 1.95. The number of hydrogen-bond donors (Lipinski definition) is 0. The third-order valence-electron chi connectivity index (χ3n) is 3.13. The number of hydrogen-bond acceptors (Lipinski definition) is 5. The highest BCUT2D eigenvalue weighted by atomic mass is 32.1. The van der Waals surface area contributed by atoms with Crippen molar-refractivity contribution in [1.29, 1.82) is 0 Å². The van der Waals surface area contributed by atoms with Gasteiger partial charge in [-0.3, -0.25) is 4.79 Å². The fraction of sp³-hybridized carbons (Fsp3) is 0.312. The molecule has 2 rings (SSSR count). The van der Waals surface area contributed by atoms with Gasteiger partial charge in [-0.1, -0.05) is 12.1 Å². The highest BCUT2D eigenvalue weighted by Crippen LogP contribution is 2.22. The lowest BCUT2D eigenvalue weighted by Crippen LogP contribution is -2.34. The van der Waals surface area contributed by atoms with Gasteiger partial charge < -0.3 is 9.64 Å². The van der Waals surface area contributed by atoms with Crippen LogP contribution in [-0.4, -0.2) is 41.5 Å². The van der Waals surface area contributed by atoms with Crippen LogP contribution in [0.1, 0.15) is 18.9 Å². The van der Waals surface area contributed by atoms with Crippen molar-refractivity contribution in [1.82, 2.24) is 9.88 Å². The van der Waals surface area contributed by atoms with Crippen LogP contribution in [0.2, 0.25) is 0 Å². The van der Waals surface area contributed by atoms with Crippen LogP contribution in [0, 0.1) is 0 Å². The zero-order valence-electron chi connectivity index (χ0n) is 12.6. The van der Waals surface area contributed by atoms with Crippen molar-refractivity contribution in [3.05, 3.63) is 35.3 Å². The van der Waals surface area contributed by atoms with Crippen LogP contribution < -0.4 is 0 Å². The average Bonchev–Trinajstić information content (AvgIpc) is 2.95. The van der Waals surface area contributed by atoms with Crippen molar-refractivity contribution in [3.8, 4) is 0 Å². The van der Waals surface area contributed by atoms with Gasteiger partial charge in [-0.25, -0.2) is 9.78 Å². The number of carbonyl (C=O) groups is 2. The Bertz CT molecular complexity index is 657. The molecule has 5 nitrogen and oxygen atoms in total. The normalized spacial score (nSPS) is 11.0. The maximum Gasteiger partial charge on any atom is 0.331 e. The maximum atomic E-state index is 11.7. The van der Waals surface area contributed by atoms with Crippen molar-refractivity contribution >= 4 is 39.5 Å². The minimum absolute atomic E-state index is 0.188. The highest BCUT2D eigenvalue weighted by molar-refractivity contribution is 7.19. The van der Waals surface area contributed by atoms with E-state index in [2.05, 4.69) is 4.98 Å². The van der Waals surface area contributed by atoms with Gasteiger partial charge in [0, 0.05) is 19.2 Å². The predicted molar refractivity (Wildman–Crippen MR) is 87.5 cm³/mol. The lowest BCUT2D eigenvalue weighted by Gasteiger charge is -2.17. The van der Waals surface area contributed by atoms with Gasteiger partial charge in [0.1, 0.15) is 5.01 Å². The SMILES string of the molecule is CCN(CC)C(=O)COC(=O)/C=C/c1nc2ccccc2s1. The first-order valence-corrected chi connectivity index (χ1v) is 7.93. The Morgan fingerprint density at radius 3 is 2.68 bits per heavy atom. The number of benzene rings is 1. The number of amides is 1. The van der Waals surface area contributed by atoms with Crippen LogP contribution in [0.5, 0.6) is 0 Å². The van der Waals surface area contributed by atoms with Crippen LogP contribution in [0.25, 0.3) is 16.3 Å². The largest absolute Gasteiger partial charge is 0.452 e. The predicted octanol–water partition coefficient (Wildman–Crippen LogP) is 2.72. The summed E-state index contributed by atoms with van der Waals surface area (Å²) in [5.41, 5.74) is 0.900. The lowest BCUT2D eigenvalue weighted by atomic mass is 10.3. The summed E-state index contributed by atoms with van der Waals surface area (Å²) >= 11 is 1.49. The van der Waals surface area contributed by atoms with Crippen LogP contribution >= 0.6 is 11.3 Å². The third kappa shape index (κ3) is 4.14. The Morgan fingerprint density at radius 1 is 1.27 bits per heavy atom. The second-order valence-electron chi connectivity index (χ2n) is 4.53. The molecule has 1 aromatic heterocycles. The molecule has 0 fully saturated rings. The molecule has 1 heterocycles. The van der Waals surface area contributed by atoms with E-state index in [9.17, 15) is 9.59 Å². The molecule has 116 valence electrons. The molecule has 0 aliphatic rings. The number of aromatic nitrogens is 1. The molecule has 1 amide bonds. The number of ether oxygens (including phenoxy) is 1. The summed E-state index contributed by atoms with van der Waals surface area (Å²) in [5, 5.41) is 0.730. The first-order valence-electron chi connectivity index (χ1n) is 7.12. The van der Waals surface area contributed by atoms with Gasteiger partial charge in [-0.15, -0.1) is 11.3 Å². The Morgan fingerprint density at radius 2 is 2.00 bits per heavy atom. The van der Waals surface area contributed by atoms with Crippen molar-refractivity contribution < 1.29 is 14.3 Å². The van der Waals surface area contributed by atoms with E-state index in [0.717, 1.165) is 15.2 Å². The maximum absolute atomic E-state index is 11.7. The van der Waals surface area contributed by atoms with E-state index < -0.39 is 5.97 Å². The molecule has 0 aliphatic heterocycles. The number of thiazole rings is 1. The monoisotopic (exact) mass is 318 g/mol. The molecular formula is C16H18N2O3S. The molecule has 22 heavy (non-hydrogen) atoms. The second kappa shape index (κ2) is 7.70. The summed E-state index contributed by atoms with van der Waals surface area (Å²) in [4.78, 5) is 29.3. The Labute approximate surface area is 133 Å². The molecule has 0 bridgehead atoms. The summed E-state index contributed by atoms with van der Waals surface area (Å²) < 4.78 is 6.01. The molecule has 1 aromatic carbocycles. The average molecular weight is 318 g/mol. The van der Waals surface area contributed by atoms with E-state index in [1.165, 1.54) is 17.4 Å². The van der Waals surface area contributed by atoms with E-state index in [4.69, 9.17) is 4.74 Å². The second-order valence-corrected chi connectivity index (χ2v) is 5.59. The van der Waals surface area contributed by atoms with E-state index in [1.807, 2.05) is 38.1 Å². The molecule has 0 N–H and O–H groups in total. The number of likely N-dealkylation sites (N-methyl/N-ethyl adjacent to an activating group) is 1. The molecular weight excluding hydrogens is 300 g/mol. The molecule has 2 aromatic rings. The standard InChI is InChI=1S/C16H18N2O3S/c1-3-18(4-2)15(19)11-21-16(20)10-9-14-17-12-7-5-6-8-13(12)22-14/h5-10H,3-4,11H2,1-2H3/b10-9+. The van der Waals surface area contributed by atoms with Crippen molar-refractivity contribution in [2.45, 2.75) is 13.8 Å². The first kappa shape index (κ1) is 16.2. The summed E-state index contributed by atoms with van der Waals surface area (Å²) in [5.74, 6) is -0.730. The molecule has 0 unspecified atom stereocenters. The molecule has 0 atom stereocenters. The first-order chi connectivity index (χ1) is 10.6. The Balaban J connectivity index is 1.90. The number of rotatable bonds is 6. The van der Waals surface area contributed by atoms with Crippen molar-refractivity contribution in [2.75, 3.05) is 19.7 Å². The van der Waals surface area contributed by atoms with Gasteiger partial charge in [0.05, 0.1) is 10.2 Å². The number of esters is 1. The van der Waals surface area contributed by atoms with Crippen molar-refractivity contribution in [3.63, 3.8) is 0 Å². The summed E-state index contributed by atoms with van der Waals surface area (Å²) in [6, 6.07) is 7.76. The fourth-order valence-corrected chi connectivity index (χ4v) is 2.82. The van der Waals surface area contributed by atoms with E-state index in [1.54, 1.807) is 11.0 Å². The third-order valence-corrected chi connectivity index (χ3v) is 4.13. The van der Waals surface area contributed by atoms with Crippen LogP contribution in [0.15, 0.2) is 30.3 Å². The molecule has 0 radical (unpaired) electrons. The number of carbonyl (C=O) groups excluding carboxylic acids is 2. The van der Waals surface area contributed by atoms with Gasteiger partial charge in [0.25, 0.3) is 5.91 Å². The van der Waals surface area contributed by atoms with Gasteiger partial charge in [0.15, 0.2) is 6.61 Å². The van der Waals surface area contributed by atoms with Gasteiger partial charge >= 0.3 is 5.97 Å². The number of para-hydroxylation sites is 1.